The fourth-order valence-electron chi connectivity index (χ4n) is 2.49. The largest absolute Gasteiger partial charge is 0.345 e. The number of nitrogens with one attached hydrogen (secondary N) is 2. The molecule has 2 aromatic heterocycles. The van der Waals surface area contributed by atoms with Crippen LogP contribution < -0.4 is 0 Å². The summed E-state index contributed by atoms with van der Waals surface area (Å²) in [6.45, 7) is 3.45. The minimum Gasteiger partial charge on any atom is -0.345 e. The van der Waals surface area contributed by atoms with Crippen LogP contribution in [0.2, 0.25) is 0 Å². The van der Waals surface area contributed by atoms with Gasteiger partial charge < -0.3 is 4.98 Å². The smallest absolute Gasteiger partial charge is 0.123 e. The van der Waals surface area contributed by atoms with Gasteiger partial charge in [-0.3, -0.25) is 10.00 Å². The van der Waals surface area contributed by atoms with E-state index in [0.717, 1.165) is 41.4 Å². The first kappa shape index (κ1) is 14.5. The highest BCUT2D eigenvalue weighted by Crippen LogP contribution is 2.22. The highest BCUT2D eigenvalue weighted by molar-refractivity contribution is 5.62. The predicted molar refractivity (Wildman–Crippen MR) is 82.5 cm³/mol. The molecule has 0 fully saturated rings. The lowest BCUT2D eigenvalue weighted by molar-refractivity contribution is 0.316. The number of hydrogen-bond acceptors (Lipinski definition) is 3. The van der Waals surface area contributed by atoms with Crippen molar-refractivity contribution in [3.05, 3.63) is 59.6 Å². The Kier molecular flexibility index (Phi) is 4.02. The summed E-state index contributed by atoms with van der Waals surface area (Å²) in [5.74, 6) is 0.676. The Morgan fingerprint density at radius 1 is 1.14 bits per heavy atom. The average molecular weight is 299 g/mol. The summed E-state index contributed by atoms with van der Waals surface area (Å²) in [5, 5.41) is 7.12. The Hall–Kier alpha value is -2.47. The van der Waals surface area contributed by atoms with Gasteiger partial charge in [0.15, 0.2) is 0 Å². The number of aromatic amines is 2. The van der Waals surface area contributed by atoms with Gasteiger partial charge in [-0.1, -0.05) is 0 Å². The molecule has 0 saturated carbocycles. The molecule has 1 aromatic carbocycles. The summed E-state index contributed by atoms with van der Waals surface area (Å²) >= 11 is 0. The molecule has 0 bridgehead atoms. The molecule has 3 aromatic rings. The van der Waals surface area contributed by atoms with Crippen LogP contribution in [0.4, 0.5) is 4.39 Å². The molecule has 5 nitrogen and oxygen atoms in total. The third-order valence-corrected chi connectivity index (χ3v) is 3.49. The first-order valence-electron chi connectivity index (χ1n) is 7.09. The second-order valence-corrected chi connectivity index (χ2v) is 5.44. The summed E-state index contributed by atoms with van der Waals surface area (Å²) in [5.41, 5.74) is 4.00. The van der Waals surface area contributed by atoms with Crippen molar-refractivity contribution in [1.29, 1.82) is 0 Å². The van der Waals surface area contributed by atoms with Crippen molar-refractivity contribution in [2.45, 2.75) is 20.0 Å². The first-order chi connectivity index (χ1) is 10.6. The summed E-state index contributed by atoms with van der Waals surface area (Å²) in [6, 6.07) is 6.42. The SMILES string of the molecule is Cc1ncc(CN(C)Cc2cn[nH]c2-c2ccc(F)cc2)[nH]1. The summed E-state index contributed by atoms with van der Waals surface area (Å²) in [7, 11) is 2.04. The maximum atomic E-state index is 13.0. The van der Waals surface area contributed by atoms with Crippen LogP contribution in [0.3, 0.4) is 0 Å². The Labute approximate surface area is 128 Å². The van der Waals surface area contributed by atoms with Crippen molar-refractivity contribution in [2.75, 3.05) is 7.05 Å². The summed E-state index contributed by atoms with van der Waals surface area (Å²) in [4.78, 5) is 9.60. The van der Waals surface area contributed by atoms with Crippen molar-refractivity contribution in [2.24, 2.45) is 0 Å². The number of rotatable bonds is 5. The lowest BCUT2D eigenvalue weighted by atomic mass is 10.1. The second-order valence-electron chi connectivity index (χ2n) is 5.44. The van der Waals surface area contributed by atoms with Crippen LogP contribution in [-0.4, -0.2) is 32.1 Å². The molecule has 22 heavy (non-hydrogen) atoms. The second kappa shape index (κ2) is 6.11. The van der Waals surface area contributed by atoms with Crippen LogP contribution in [0.5, 0.6) is 0 Å². The molecular formula is C16H18FN5. The maximum absolute atomic E-state index is 13.0. The van der Waals surface area contributed by atoms with E-state index in [1.165, 1.54) is 12.1 Å². The van der Waals surface area contributed by atoms with Crippen LogP contribution in [0, 0.1) is 12.7 Å². The van der Waals surface area contributed by atoms with Crippen molar-refractivity contribution in [1.82, 2.24) is 25.1 Å². The molecular weight excluding hydrogens is 281 g/mol. The van der Waals surface area contributed by atoms with E-state index < -0.39 is 0 Å². The Balaban J connectivity index is 1.73. The van der Waals surface area contributed by atoms with Crippen LogP contribution in [-0.2, 0) is 13.1 Å². The molecule has 6 heteroatoms. The van der Waals surface area contributed by atoms with Crippen LogP contribution in [0.15, 0.2) is 36.7 Å². The topological polar surface area (TPSA) is 60.6 Å². The monoisotopic (exact) mass is 299 g/mol. The van der Waals surface area contributed by atoms with Gasteiger partial charge in [-0.25, -0.2) is 9.37 Å². The summed E-state index contributed by atoms with van der Waals surface area (Å²) in [6.07, 6.45) is 3.66. The van der Waals surface area contributed by atoms with E-state index in [1.807, 2.05) is 26.4 Å². The molecule has 114 valence electrons. The predicted octanol–water partition coefficient (Wildman–Crippen LogP) is 2.88. The molecule has 0 aliphatic carbocycles. The van der Waals surface area contributed by atoms with E-state index in [2.05, 4.69) is 25.1 Å². The number of aromatic nitrogens is 4. The Morgan fingerprint density at radius 2 is 1.91 bits per heavy atom. The van der Waals surface area contributed by atoms with Crippen molar-refractivity contribution < 1.29 is 4.39 Å². The molecule has 0 aliphatic rings. The summed E-state index contributed by atoms with van der Waals surface area (Å²) < 4.78 is 13.0. The van der Waals surface area contributed by atoms with E-state index in [9.17, 15) is 4.39 Å². The number of hydrogen-bond donors (Lipinski definition) is 2. The third-order valence-electron chi connectivity index (χ3n) is 3.49. The maximum Gasteiger partial charge on any atom is 0.123 e. The van der Waals surface area contributed by atoms with Crippen LogP contribution in [0.25, 0.3) is 11.3 Å². The molecule has 3 rings (SSSR count). The zero-order valence-corrected chi connectivity index (χ0v) is 12.6. The average Bonchev–Trinajstić information content (AvgIpc) is 3.09. The number of aryl methyl sites for hydroxylation is 1. The molecule has 0 atom stereocenters. The lowest BCUT2D eigenvalue weighted by Crippen LogP contribution is -2.17. The highest BCUT2D eigenvalue weighted by Gasteiger charge is 2.11. The van der Waals surface area contributed by atoms with E-state index in [0.29, 0.717) is 0 Å². The number of imidazole rings is 1. The molecule has 0 aliphatic heterocycles. The molecule has 2 N–H and O–H groups in total. The number of benzene rings is 1. The van der Waals surface area contributed by atoms with Gasteiger partial charge in [-0.05, 0) is 38.2 Å². The third kappa shape index (κ3) is 3.23. The van der Waals surface area contributed by atoms with Gasteiger partial charge in [0.05, 0.1) is 11.9 Å². The van der Waals surface area contributed by atoms with Gasteiger partial charge in [0.1, 0.15) is 11.6 Å². The quantitative estimate of drug-likeness (QED) is 0.761. The normalized spacial score (nSPS) is 11.3. The van der Waals surface area contributed by atoms with Gasteiger partial charge in [0, 0.05) is 36.1 Å². The highest BCUT2D eigenvalue weighted by atomic mass is 19.1. The molecule has 0 saturated heterocycles. The molecule has 2 heterocycles. The van der Waals surface area contributed by atoms with E-state index >= 15 is 0 Å². The first-order valence-corrected chi connectivity index (χ1v) is 7.09. The van der Waals surface area contributed by atoms with Gasteiger partial charge in [0.2, 0.25) is 0 Å². The Morgan fingerprint density at radius 3 is 2.59 bits per heavy atom. The van der Waals surface area contributed by atoms with Gasteiger partial charge in [-0.2, -0.15) is 5.10 Å². The number of halogens is 1. The molecule has 0 radical (unpaired) electrons. The van der Waals surface area contributed by atoms with Gasteiger partial charge in [0.25, 0.3) is 0 Å². The van der Waals surface area contributed by atoms with Crippen LogP contribution in [0.1, 0.15) is 17.1 Å². The van der Waals surface area contributed by atoms with Crippen molar-refractivity contribution in [3.63, 3.8) is 0 Å². The van der Waals surface area contributed by atoms with Crippen molar-refractivity contribution >= 4 is 0 Å². The zero-order valence-electron chi connectivity index (χ0n) is 12.6. The fourth-order valence-corrected chi connectivity index (χ4v) is 2.49. The van der Waals surface area contributed by atoms with Crippen LogP contribution >= 0.6 is 0 Å². The van der Waals surface area contributed by atoms with E-state index in [4.69, 9.17) is 0 Å². The van der Waals surface area contributed by atoms with E-state index in [1.54, 1.807) is 12.1 Å². The zero-order chi connectivity index (χ0) is 15.5. The minimum atomic E-state index is -0.239. The Bertz CT molecular complexity index is 744. The lowest BCUT2D eigenvalue weighted by Gasteiger charge is -2.15. The molecule has 0 spiro atoms. The molecule has 0 unspecified atom stereocenters. The standard InChI is InChI=1S/C16H18FN5/c1-11-18-8-15(20-11)10-22(2)9-13-7-19-21-16(13)12-3-5-14(17)6-4-12/h3-8H,9-10H2,1-2H3,(H,18,20)(H,19,21). The number of nitrogens with zero attached hydrogens (tertiary/aromatic N) is 3. The minimum absolute atomic E-state index is 0.239. The van der Waals surface area contributed by atoms with Crippen molar-refractivity contribution in [3.8, 4) is 11.3 Å². The van der Waals surface area contributed by atoms with Gasteiger partial charge >= 0.3 is 0 Å². The van der Waals surface area contributed by atoms with E-state index in [-0.39, 0.29) is 5.82 Å². The number of H-pyrrole nitrogens is 2. The molecule has 0 amide bonds. The fraction of sp³-hybridized carbons (Fsp3) is 0.250. The van der Waals surface area contributed by atoms with Gasteiger partial charge in [-0.15, -0.1) is 0 Å².